The summed E-state index contributed by atoms with van der Waals surface area (Å²) < 4.78 is 8.07. The van der Waals surface area contributed by atoms with Crippen molar-refractivity contribution in [1.29, 1.82) is 0 Å². The average molecular weight is 365 g/mol. The van der Waals surface area contributed by atoms with Gasteiger partial charge in [0, 0.05) is 19.7 Å². The van der Waals surface area contributed by atoms with E-state index in [1.165, 1.54) is 11.7 Å². The standard InChI is InChI=1S/C18H15N5O4/c1-22-17(25)14-16(20-18(22)26)23(2)21-15(19-14)13-7-6-12(27-13)11-5-3-4-10(8-11)9-24/h3-8,24H,9H2,1-2H3. The lowest BCUT2D eigenvalue weighted by molar-refractivity contribution is 0.282. The molecule has 2 aliphatic rings. The summed E-state index contributed by atoms with van der Waals surface area (Å²) in [5, 5.41) is 13.5. The topological polar surface area (TPSA) is 116 Å². The van der Waals surface area contributed by atoms with Crippen LogP contribution in [-0.2, 0) is 20.7 Å². The molecule has 27 heavy (non-hydrogen) atoms. The minimum absolute atomic E-state index is 0.0322. The fraction of sp³-hybridized carbons (Fsp3) is 0.167. The van der Waals surface area contributed by atoms with E-state index in [0.29, 0.717) is 11.5 Å². The molecule has 0 unspecified atom stereocenters. The van der Waals surface area contributed by atoms with Gasteiger partial charge in [0.2, 0.25) is 5.82 Å². The van der Waals surface area contributed by atoms with Crippen LogP contribution in [0.3, 0.4) is 0 Å². The van der Waals surface area contributed by atoms with Crippen molar-refractivity contribution in [3.63, 3.8) is 0 Å². The minimum atomic E-state index is -0.663. The molecule has 0 spiro atoms. The molecule has 0 atom stereocenters. The van der Waals surface area contributed by atoms with Crippen molar-refractivity contribution < 1.29 is 9.52 Å². The zero-order chi connectivity index (χ0) is 19.1. The van der Waals surface area contributed by atoms with Gasteiger partial charge in [-0.2, -0.15) is 4.98 Å². The number of benzene rings is 1. The van der Waals surface area contributed by atoms with Crippen LogP contribution in [0, 0.1) is 0 Å². The van der Waals surface area contributed by atoms with Crippen LogP contribution in [0.5, 0.6) is 0 Å². The third kappa shape index (κ3) is 2.83. The molecule has 1 aromatic heterocycles. The van der Waals surface area contributed by atoms with E-state index in [0.717, 1.165) is 15.7 Å². The predicted molar refractivity (Wildman–Crippen MR) is 96.0 cm³/mol. The second-order valence-electron chi connectivity index (χ2n) is 6.01. The molecule has 1 N–H and O–H groups in total. The van der Waals surface area contributed by atoms with E-state index in [4.69, 9.17) is 4.42 Å². The summed E-state index contributed by atoms with van der Waals surface area (Å²) in [6, 6.07) is 10.8. The van der Waals surface area contributed by atoms with Gasteiger partial charge >= 0.3 is 5.69 Å². The summed E-state index contributed by atoms with van der Waals surface area (Å²) in [7, 11) is 2.92. The number of aliphatic hydroxyl groups excluding tert-OH is 1. The third-order valence-corrected chi connectivity index (χ3v) is 4.20. The SMILES string of the molecule is Cn1nc(-c2ccc(-c3cccc(CO)c3)o2)nc2c(=O)n(C)c(=O)nc1-2. The van der Waals surface area contributed by atoms with Crippen LogP contribution in [-0.4, -0.2) is 29.4 Å². The number of hydrogen-bond donors (Lipinski definition) is 1. The molecule has 0 amide bonds. The number of hydrogen-bond acceptors (Lipinski definition) is 7. The van der Waals surface area contributed by atoms with E-state index in [9.17, 15) is 14.7 Å². The molecule has 9 nitrogen and oxygen atoms in total. The van der Waals surface area contributed by atoms with Crippen molar-refractivity contribution in [2.75, 3.05) is 0 Å². The van der Waals surface area contributed by atoms with Gasteiger partial charge in [0.15, 0.2) is 17.3 Å². The van der Waals surface area contributed by atoms with Crippen LogP contribution >= 0.6 is 0 Å². The molecular formula is C18H15N5O4. The van der Waals surface area contributed by atoms with Crippen LogP contribution in [0.4, 0.5) is 0 Å². The van der Waals surface area contributed by atoms with Crippen molar-refractivity contribution in [3.8, 4) is 34.4 Å². The van der Waals surface area contributed by atoms with E-state index in [2.05, 4.69) is 15.1 Å². The number of aliphatic hydroxyl groups is 1. The molecule has 2 aromatic rings. The monoisotopic (exact) mass is 365 g/mol. The summed E-state index contributed by atoms with van der Waals surface area (Å²) in [5.41, 5.74) is 0.383. The first kappa shape index (κ1) is 16.9. The first-order valence-electron chi connectivity index (χ1n) is 8.10. The molecule has 136 valence electrons. The first-order valence-corrected chi connectivity index (χ1v) is 8.10. The second-order valence-corrected chi connectivity index (χ2v) is 6.01. The lowest BCUT2D eigenvalue weighted by Gasteiger charge is -2.10. The van der Waals surface area contributed by atoms with E-state index >= 15 is 0 Å². The minimum Gasteiger partial charge on any atom is -0.453 e. The predicted octanol–water partition coefficient (Wildman–Crippen LogP) is 0.793. The Bertz CT molecular complexity index is 1240. The van der Waals surface area contributed by atoms with Gasteiger partial charge in [-0.3, -0.25) is 9.36 Å². The first-order chi connectivity index (χ1) is 13.0. The molecule has 3 heterocycles. The fourth-order valence-electron chi connectivity index (χ4n) is 2.74. The number of fused-ring (bicyclic) bond motifs is 1. The summed E-state index contributed by atoms with van der Waals surface area (Å²) in [5.74, 6) is 1.25. The molecule has 0 radical (unpaired) electrons. The number of aryl methyl sites for hydroxylation is 1. The van der Waals surface area contributed by atoms with E-state index in [1.54, 1.807) is 19.2 Å². The van der Waals surface area contributed by atoms with Crippen LogP contribution in [0.15, 0.2) is 50.4 Å². The summed E-state index contributed by atoms with van der Waals surface area (Å²) in [4.78, 5) is 32.1. The zero-order valence-corrected chi connectivity index (χ0v) is 14.6. The second kappa shape index (κ2) is 6.29. The maximum atomic E-state index is 12.3. The zero-order valence-electron chi connectivity index (χ0n) is 14.6. The Balaban J connectivity index is 1.84. The van der Waals surface area contributed by atoms with Crippen LogP contribution < -0.4 is 11.2 Å². The Hall–Kier alpha value is -3.59. The Morgan fingerprint density at radius 1 is 1.07 bits per heavy atom. The van der Waals surface area contributed by atoms with Gasteiger partial charge in [0.1, 0.15) is 5.76 Å². The van der Waals surface area contributed by atoms with E-state index in [-0.39, 0.29) is 23.9 Å². The van der Waals surface area contributed by atoms with Crippen molar-refractivity contribution in [2.45, 2.75) is 6.61 Å². The Morgan fingerprint density at radius 2 is 1.85 bits per heavy atom. The van der Waals surface area contributed by atoms with E-state index < -0.39 is 11.2 Å². The molecule has 0 fully saturated rings. The van der Waals surface area contributed by atoms with Gasteiger partial charge in [-0.05, 0) is 23.8 Å². The maximum Gasteiger partial charge on any atom is 0.352 e. The Labute approximate surface area is 152 Å². The quantitative estimate of drug-likeness (QED) is 0.570. The van der Waals surface area contributed by atoms with Gasteiger partial charge in [-0.1, -0.05) is 18.2 Å². The highest BCUT2D eigenvalue weighted by Crippen LogP contribution is 2.28. The Kier molecular flexibility index (Phi) is 3.93. The van der Waals surface area contributed by atoms with Gasteiger partial charge in [0.05, 0.1) is 6.61 Å². The molecule has 1 aromatic carbocycles. The van der Waals surface area contributed by atoms with Crippen LogP contribution in [0.1, 0.15) is 5.56 Å². The largest absolute Gasteiger partial charge is 0.453 e. The van der Waals surface area contributed by atoms with Gasteiger partial charge < -0.3 is 9.52 Å². The lowest BCUT2D eigenvalue weighted by atomic mass is 10.1. The molecule has 0 bridgehead atoms. The Morgan fingerprint density at radius 3 is 2.63 bits per heavy atom. The molecule has 9 heteroatoms. The number of nitrogens with zero attached hydrogens (tertiary/aromatic N) is 5. The van der Waals surface area contributed by atoms with Crippen molar-refractivity contribution >= 4 is 0 Å². The molecular weight excluding hydrogens is 350 g/mol. The third-order valence-electron chi connectivity index (χ3n) is 4.20. The summed E-state index contributed by atoms with van der Waals surface area (Å²) >= 11 is 0. The lowest BCUT2D eigenvalue weighted by Crippen LogP contribution is -2.36. The number of furan rings is 1. The maximum absolute atomic E-state index is 12.3. The van der Waals surface area contributed by atoms with Gasteiger partial charge in [-0.15, -0.1) is 5.10 Å². The van der Waals surface area contributed by atoms with Gasteiger partial charge in [-0.25, -0.2) is 14.5 Å². The van der Waals surface area contributed by atoms with Crippen LogP contribution in [0.2, 0.25) is 0 Å². The molecule has 0 aliphatic carbocycles. The molecule has 4 rings (SSSR count). The average Bonchev–Trinajstić information content (AvgIpc) is 3.17. The number of aromatic nitrogens is 5. The smallest absolute Gasteiger partial charge is 0.352 e. The van der Waals surface area contributed by atoms with Crippen molar-refractivity contribution in [1.82, 2.24) is 24.3 Å². The highest BCUT2D eigenvalue weighted by atomic mass is 16.3. The summed E-state index contributed by atoms with van der Waals surface area (Å²) in [6.07, 6.45) is 0. The normalized spacial score (nSPS) is 11.2. The van der Waals surface area contributed by atoms with Crippen molar-refractivity contribution in [2.24, 2.45) is 14.1 Å². The molecule has 0 saturated heterocycles. The number of rotatable bonds is 3. The highest BCUT2D eigenvalue weighted by Gasteiger charge is 2.20. The van der Waals surface area contributed by atoms with Crippen LogP contribution in [0.25, 0.3) is 34.4 Å². The molecule has 2 aliphatic heterocycles. The van der Waals surface area contributed by atoms with E-state index in [1.807, 2.05) is 24.3 Å². The summed E-state index contributed by atoms with van der Waals surface area (Å²) in [6.45, 7) is -0.0664. The fourth-order valence-corrected chi connectivity index (χ4v) is 2.74. The molecule has 0 saturated carbocycles. The highest BCUT2D eigenvalue weighted by molar-refractivity contribution is 5.63. The van der Waals surface area contributed by atoms with Crippen molar-refractivity contribution in [3.05, 3.63) is 62.8 Å². The van der Waals surface area contributed by atoms with Gasteiger partial charge in [0.25, 0.3) is 5.56 Å².